The summed E-state index contributed by atoms with van der Waals surface area (Å²) in [7, 11) is 1.60. The van der Waals surface area contributed by atoms with Gasteiger partial charge in [-0.05, 0) is 81.3 Å². The highest BCUT2D eigenvalue weighted by Gasteiger charge is 2.15. The van der Waals surface area contributed by atoms with Crippen LogP contribution < -0.4 is 9.47 Å². The Morgan fingerprint density at radius 1 is 1.19 bits per heavy atom. The molecule has 0 aliphatic heterocycles. The molecule has 2 aromatic rings. The standard InChI is InChI=1S/C15H11Br2IO3/c1-8-5-10(16)7-11(17)14(8)21-15(19)9-3-4-13(20-2)12(18)6-9/h3-7H,1-2H3. The van der Waals surface area contributed by atoms with Crippen molar-refractivity contribution in [1.82, 2.24) is 0 Å². The molecule has 0 aliphatic rings. The molecule has 0 bridgehead atoms. The van der Waals surface area contributed by atoms with Crippen LogP contribution in [0.3, 0.4) is 0 Å². The van der Waals surface area contributed by atoms with Gasteiger partial charge >= 0.3 is 5.97 Å². The van der Waals surface area contributed by atoms with Crippen LogP contribution in [0.1, 0.15) is 15.9 Å². The Hall–Kier alpha value is -0.600. The first kappa shape index (κ1) is 16.8. The lowest BCUT2D eigenvalue weighted by atomic mass is 10.2. The van der Waals surface area contributed by atoms with Crippen molar-refractivity contribution in [2.24, 2.45) is 0 Å². The van der Waals surface area contributed by atoms with Crippen LogP contribution in [0, 0.1) is 10.5 Å². The third kappa shape index (κ3) is 3.98. The summed E-state index contributed by atoms with van der Waals surface area (Å²) in [6, 6.07) is 8.91. The largest absolute Gasteiger partial charge is 0.496 e. The summed E-state index contributed by atoms with van der Waals surface area (Å²) in [6.07, 6.45) is 0. The predicted octanol–water partition coefficient (Wildman–Crippen LogP) is 5.35. The molecule has 0 unspecified atom stereocenters. The molecule has 0 fully saturated rings. The van der Waals surface area contributed by atoms with Gasteiger partial charge in [0.1, 0.15) is 11.5 Å². The first-order valence-corrected chi connectivity index (χ1v) is 8.60. The molecule has 0 spiro atoms. The van der Waals surface area contributed by atoms with E-state index in [4.69, 9.17) is 9.47 Å². The number of carbonyl (C=O) groups excluding carboxylic acids is 1. The topological polar surface area (TPSA) is 35.5 Å². The maximum Gasteiger partial charge on any atom is 0.343 e. The minimum Gasteiger partial charge on any atom is -0.496 e. The molecule has 21 heavy (non-hydrogen) atoms. The van der Waals surface area contributed by atoms with Gasteiger partial charge in [-0.25, -0.2) is 4.79 Å². The minimum absolute atomic E-state index is 0.401. The van der Waals surface area contributed by atoms with E-state index in [2.05, 4.69) is 54.5 Å². The second kappa shape index (κ2) is 7.11. The van der Waals surface area contributed by atoms with Crippen LogP contribution in [0.25, 0.3) is 0 Å². The molecule has 2 rings (SSSR count). The molecule has 6 heteroatoms. The molecular weight excluding hydrogens is 515 g/mol. The summed E-state index contributed by atoms with van der Waals surface area (Å²) in [5, 5.41) is 0. The Bertz CT molecular complexity index is 678. The van der Waals surface area contributed by atoms with Crippen LogP contribution in [0.15, 0.2) is 39.3 Å². The Balaban J connectivity index is 2.28. The van der Waals surface area contributed by atoms with Gasteiger partial charge in [0.15, 0.2) is 0 Å². The number of methoxy groups -OCH3 is 1. The maximum atomic E-state index is 12.3. The highest BCUT2D eigenvalue weighted by molar-refractivity contribution is 14.1. The van der Waals surface area contributed by atoms with Crippen LogP contribution in [0.2, 0.25) is 0 Å². The molecule has 0 radical (unpaired) electrons. The predicted molar refractivity (Wildman–Crippen MR) is 97.2 cm³/mol. The Morgan fingerprint density at radius 3 is 2.48 bits per heavy atom. The van der Waals surface area contributed by atoms with Gasteiger partial charge in [-0.1, -0.05) is 15.9 Å². The number of hydrogen-bond donors (Lipinski definition) is 0. The molecule has 0 atom stereocenters. The SMILES string of the molecule is COc1ccc(C(=O)Oc2c(C)cc(Br)cc2Br)cc1I. The average molecular weight is 526 g/mol. The first-order chi connectivity index (χ1) is 9.92. The van der Waals surface area contributed by atoms with Crippen molar-refractivity contribution >= 4 is 60.4 Å². The van der Waals surface area contributed by atoms with E-state index < -0.39 is 5.97 Å². The summed E-state index contributed by atoms with van der Waals surface area (Å²) in [5.41, 5.74) is 1.35. The van der Waals surface area contributed by atoms with Crippen LogP contribution in [-0.4, -0.2) is 13.1 Å². The van der Waals surface area contributed by atoms with Crippen molar-refractivity contribution in [3.05, 3.63) is 54.0 Å². The van der Waals surface area contributed by atoms with Crippen molar-refractivity contribution in [2.45, 2.75) is 6.92 Å². The summed E-state index contributed by atoms with van der Waals surface area (Å²) in [5.74, 6) is 0.851. The monoisotopic (exact) mass is 524 g/mol. The fraction of sp³-hybridized carbons (Fsp3) is 0.133. The molecule has 0 saturated heterocycles. The number of aryl methyl sites for hydroxylation is 1. The highest BCUT2D eigenvalue weighted by atomic mass is 127. The number of rotatable bonds is 3. The van der Waals surface area contributed by atoms with E-state index in [0.29, 0.717) is 11.3 Å². The van der Waals surface area contributed by atoms with Gasteiger partial charge in [-0.2, -0.15) is 0 Å². The zero-order valence-electron chi connectivity index (χ0n) is 11.2. The zero-order chi connectivity index (χ0) is 15.6. The quantitative estimate of drug-likeness (QED) is 0.308. The second-order valence-corrected chi connectivity index (χ2v) is 7.20. The number of benzene rings is 2. The maximum absolute atomic E-state index is 12.3. The molecule has 3 nitrogen and oxygen atoms in total. The van der Waals surface area contributed by atoms with Gasteiger partial charge in [0.05, 0.1) is 20.7 Å². The lowest BCUT2D eigenvalue weighted by Crippen LogP contribution is -2.10. The molecule has 2 aromatic carbocycles. The second-order valence-electron chi connectivity index (χ2n) is 4.27. The fourth-order valence-corrected chi connectivity index (χ4v) is 4.02. The van der Waals surface area contributed by atoms with Crippen molar-refractivity contribution in [3.63, 3.8) is 0 Å². The Labute approximate surface area is 153 Å². The number of hydrogen-bond acceptors (Lipinski definition) is 3. The van der Waals surface area contributed by atoms with Gasteiger partial charge in [-0.15, -0.1) is 0 Å². The lowest BCUT2D eigenvalue weighted by Gasteiger charge is -2.11. The van der Waals surface area contributed by atoms with E-state index in [1.165, 1.54) is 0 Å². The number of ether oxygens (including phenoxy) is 2. The van der Waals surface area contributed by atoms with Gasteiger partial charge < -0.3 is 9.47 Å². The van der Waals surface area contributed by atoms with Crippen molar-refractivity contribution in [3.8, 4) is 11.5 Å². The van der Waals surface area contributed by atoms with E-state index in [-0.39, 0.29) is 0 Å². The normalized spacial score (nSPS) is 10.3. The average Bonchev–Trinajstić information content (AvgIpc) is 2.42. The summed E-state index contributed by atoms with van der Waals surface area (Å²) >= 11 is 8.93. The first-order valence-electron chi connectivity index (χ1n) is 5.93. The Kier molecular flexibility index (Phi) is 5.67. The molecule has 0 aliphatic carbocycles. The van der Waals surface area contributed by atoms with E-state index in [1.54, 1.807) is 25.3 Å². The van der Waals surface area contributed by atoms with E-state index in [0.717, 1.165) is 23.8 Å². The van der Waals surface area contributed by atoms with E-state index >= 15 is 0 Å². The van der Waals surface area contributed by atoms with E-state index in [1.807, 2.05) is 19.1 Å². The van der Waals surface area contributed by atoms with Crippen LogP contribution >= 0.6 is 54.5 Å². The fourth-order valence-electron chi connectivity index (χ4n) is 1.76. The van der Waals surface area contributed by atoms with Gasteiger partial charge in [0.25, 0.3) is 0 Å². The van der Waals surface area contributed by atoms with E-state index in [9.17, 15) is 4.79 Å². The van der Waals surface area contributed by atoms with Crippen molar-refractivity contribution in [2.75, 3.05) is 7.11 Å². The number of carbonyl (C=O) groups is 1. The third-order valence-electron chi connectivity index (χ3n) is 2.78. The van der Waals surface area contributed by atoms with Crippen LogP contribution in [0.5, 0.6) is 11.5 Å². The smallest absolute Gasteiger partial charge is 0.343 e. The summed E-state index contributed by atoms with van der Waals surface area (Å²) in [6.45, 7) is 1.88. The molecular formula is C15H11Br2IO3. The minimum atomic E-state index is -0.401. The molecule has 0 saturated carbocycles. The van der Waals surface area contributed by atoms with Gasteiger partial charge in [-0.3, -0.25) is 0 Å². The highest BCUT2D eigenvalue weighted by Crippen LogP contribution is 2.33. The molecule has 0 amide bonds. The van der Waals surface area contributed by atoms with Crippen molar-refractivity contribution < 1.29 is 14.3 Å². The molecule has 110 valence electrons. The molecule has 0 heterocycles. The zero-order valence-corrected chi connectivity index (χ0v) is 16.6. The van der Waals surface area contributed by atoms with Crippen molar-refractivity contribution in [1.29, 1.82) is 0 Å². The Morgan fingerprint density at radius 2 is 1.90 bits per heavy atom. The van der Waals surface area contributed by atoms with Gasteiger partial charge in [0, 0.05) is 4.47 Å². The molecule has 0 aromatic heterocycles. The molecule has 0 N–H and O–H groups in total. The lowest BCUT2D eigenvalue weighted by molar-refractivity contribution is 0.0732. The van der Waals surface area contributed by atoms with Crippen LogP contribution in [-0.2, 0) is 0 Å². The summed E-state index contributed by atoms with van der Waals surface area (Å²) < 4.78 is 13.2. The van der Waals surface area contributed by atoms with Gasteiger partial charge in [0.2, 0.25) is 0 Å². The third-order valence-corrected chi connectivity index (χ3v) is 4.67. The summed E-state index contributed by atoms with van der Waals surface area (Å²) in [4.78, 5) is 12.3. The van der Waals surface area contributed by atoms with Crippen LogP contribution in [0.4, 0.5) is 0 Å². The number of halogens is 3. The number of esters is 1.